The van der Waals surface area contributed by atoms with Crippen molar-refractivity contribution in [3.8, 4) is 11.5 Å². The first-order valence-electron chi connectivity index (χ1n) is 6.32. The van der Waals surface area contributed by atoms with Gasteiger partial charge in [0.05, 0.1) is 22.8 Å². The maximum atomic E-state index is 10.2. The van der Waals surface area contributed by atoms with Gasteiger partial charge >= 0.3 is 0 Å². The molecule has 2 aromatic heterocycles. The first-order chi connectivity index (χ1) is 10.6. The van der Waals surface area contributed by atoms with E-state index < -0.39 is 0 Å². The van der Waals surface area contributed by atoms with Crippen molar-refractivity contribution in [1.82, 2.24) is 9.97 Å². The molecule has 0 amide bonds. The highest BCUT2D eigenvalue weighted by molar-refractivity contribution is 6.39. The summed E-state index contributed by atoms with van der Waals surface area (Å²) in [4.78, 5) is 8.10. The second-order valence-corrected chi connectivity index (χ2v) is 5.29. The Hall–Kier alpha value is -2.24. The standard InChI is InChI=1S/C15H11Cl2N3O2/c1-22-12-3-2-8-11(4-5-19-13(8)15(12)21)20-14-9(16)6-18-7-10(14)17/h2-7,21H,1H3,(H,18,19,20). The molecule has 3 rings (SSSR count). The van der Waals surface area contributed by atoms with Gasteiger partial charge in [-0.1, -0.05) is 23.2 Å². The Morgan fingerprint density at radius 3 is 2.55 bits per heavy atom. The topological polar surface area (TPSA) is 67.3 Å². The van der Waals surface area contributed by atoms with Gasteiger partial charge in [-0.25, -0.2) is 0 Å². The summed E-state index contributed by atoms with van der Waals surface area (Å²) >= 11 is 12.2. The van der Waals surface area contributed by atoms with Crippen LogP contribution in [0.15, 0.2) is 36.8 Å². The Morgan fingerprint density at radius 2 is 1.86 bits per heavy atom. The van der Waals surface area contributed by atoms with Crippen LogP contribution in [0, 0.1) is 0 Å². The molecular formula is C15H11Cl2N3O2. The van der Waals surface area contributed by atoms with Crippen molar-refractivity contribution < 1.29 is 9.84 Å². The normalized spacial score (nSPS) is 10.7. The van der Waals surface area contributed by atoms with Gasteiger partial charge in [-0.2, -0.15) is 0 Å². The number of nitrogens with one attached hydrogen (secondary N) is 1. The van der Waals surface area contributed by atoms with Gasteiger partial charge in [0.25, 0.3) is 0 Å². The number of nitrogens with zero attached hydrogens (tertiary/aromatic N) is 2. The minimum atomic E-state index is -0.0180. The van der Waals surface area contributed by atoms with E-state index in [-0.39, 0.29) is 5.75 Å². The van der Waals surface area contributed by atoms with E-state index >= 15 is 0 Å². The third-order valence-electron chi connectivity index (χ3n) is 3.18. The molecule has 0 saturated heterocycles. The van der Waals surface area contributed by atoms with Gasteiger partial charge in [0.15, 0.2) is 11.5 Å². The van der Waals surface area contributed by atoms with Crippen molar-refractivity contribution in [2.45, 2.75) is 0 Å². The van der Waals surface area contributed by atoms with Crippen molar-refractivity contribution in [1.29, 1.82) is 0 Å². The van der Waals surface area contributed by atoms with E-state index in [0.29, 0.717) is 38.1 Å². The number of aromatic nitrogens is 2. The number of anilines is 2. The molecule has 0 saturated carbocycles. The van der Waals surface area contributed by atoms with Gasteiger partial charge in [-0.05, 0) is 18.2 Å². The third kappa shape index (κ3) is 2.49. The van der Waals surface area contributed by atoms with Crippen molar-refractivity contribution in [2.24, 2.45) is 0 Å². The van der Waals surface area contributed by atoms with Crippen molar-refractivity contribution >= 4 is 45.5 Å². The molecule has 22 heavy (non-hydrogen) atoms. The number of fused-ring (bicyclic) bond motifs is 1. The highest BCUT2D eigenvalue weighted by Crippen LogP contribution is 2.38. The lowest BCUT2D eigenvalue weighted by Crippen LogP contribution is -1.96. The van der Waals surface area contributed by atoms with Crippen LogP contribution in [0.3, 0.4) is 0 Å². The number of phenols is 1. The zero-order valence-corrected chi connectivity index (χ0v) is 13.0. The summed E-state index contributed by atoms with van der Waals surface area (Å²) < 4.78 is 5.09. The first-order valence-corrected chi connectivity index (χ1v) is 7.08. The molecule has 112 valence electrons. The molecule has 7 heteroatoms. The van der Waals surface area contributed by atoms with Crippen molar-refractivity contribution in [3.05, 3.63) is 46.8 Å². The number of hydrogen-bond donors (Lipinski definition) is 2. The lowest BCUT2D eigenvalue weighted by Gasteiger charge is -2.13. The summed E-state index contributed by atoms with van der Waals surface area (Å²) in [5.41, 5.74) is 1.67. The number of halogens is 2. The van der Waals surface area contributed by atoms with Gasteiger partial charge in [-0.15, -0.1) is 0 Å². The van der Waals surface area contributed by atoms with E-state index in [9.17, 15) is 5.11 Å². The Labute approximate surface area is 136 Å². The Kier molecular flexibility index (Phi) is 3.92. The van der Waals surface area contributed by atoms with E-state index in [4.69, 9.17) is 27.9 Å². The molecule has 0 radical (unpaired) electrons. The van der Waals surface area contributed by atoms with Crippen LogP contribution in [0.1, 0.15) is 0 Å². The van der Waals surface area contributed by atoms with Crippen LogP contribution in [-0.2, 0) is 0 Å². The van der Waals surface area contributed by atoms with Gasteiger partial charge in [0, 0.05) is 29.7 Å². The van der Waals surface area contributed by atoms with Crippen LogP contribution in [0.25, 0.3) is 10.9 Å². The number of methoxy groups -OCH3 is 1. The lowest BCUT2D eigenvalue weighted by atomic mass is 10.1. The van der Waals surface area contributed by atoms with Crippen LogP contribution in [-0.4, -0.2) is 22.2 Å². The number of ether oxygens (including phenoxy) is 1. The second-order valence-electron chi connectivity index (χ2n) is 4.47. The quantitative estimate of drug-likeness (QED) is 0.742. The van der Waals surface area contributed by atoms with Crippen LogP contribution in [0.4, 0.5) is 11.4 Å². The fraction of sp³-hybridized carbons (Fsp3) is 0.0667. The highest BCUT2D eigenvalue weighted by atomic mass is 35.5. The summed E-state index contributed by atoms with van der Waals surface area (Å²) in [6.45, 7) is 0. The molecule has 0 unspecified atom stereocenters. The Morgan fingerprint density at radius 1 is 1.14 bits per heavy atom. The average molecular weight is 336 g/mol. The van der Waals surface area contributed by atoms with E-state index in [1.54, 1.807) is 24.4 Å². The molecule has 0 atom stereocenters. The lowest BCUT2D eigenvalue weighted by molar-refractivity contribution is 0.376. The average Bonchev–Trinajstić information content (AvgIpc) is 2.52. The van der Waals surface area contributed by atoms with Gasteiger partial charge in [0.2, 0.25) is 0 Å². The number of hydrogen-bond acceptors (Lipinski definition) is 5. The summed E-state index contributed by atoms with van der Waals surface area (Å²) in [6, 6.07) is 5.23. The SMILES string of the molecule is COc1ccc2c(Nc3c(Cl)cncc3Cl)ccnc2c1O. The number of rotatable bonds is 3. The van der Waals surface area contributed by atoms with Gasteiger partial charge in [0.1, 0.15) is 5.52 Å². The summed E-state index contributed by atoms with van der Waals surface area (Å²) in [6.07, 6.45) is 4.58. The maximum absolute atomic E-state index is 10.2. The fourth-order valence-corrected chi connectivity index (χ4v) is 2.58. The summed E-state index contributed by atoms with van der Waals surface area (Å²) in [5.74, 6) is 0.340. The minimum absolute atomic E-state index is 0.0180. The van der Waals surface area contributed by atoms with E-state index in [1.165, 1.54) is 19.5 Å². The smallest absolute Gasteiger partial charge is 0.184 e. The number of pyridine rings is 2. The maximum Gasteiger partial charge on any atom is 0.184 e. The number of phenolic OH excluding ortho intramolecular Hbond substituents is 1. The van der Waals surface area contributed by atoms with Crippen molar-refractivity contribution in [2.75, 3.05) is 12.4 Å². The van der Waals surface area contributed by atoms with Crippen LogP contribution in [0.2, 0.25) is 10.0 Å². The van der Waals surface area contributed by atoms with E-state index in [2.05, 4.69) is 15.3 Å². The molecule has 3 aromatic rings. The number of benzene rings is 1. The van der Waals surface area contributed by atoms with Crippen LogP contribution >= 0.6 is 23.2 Å². The molecule has 0 bridgehead atoms. The molecule has 0 spiro atoms. The molecule has 2 heterocycles. The Bertz CT molecular complexity index is 835. The van der Waals surface area contributed by atoms with E-state index in [0.717, 1.165) is 0 Å². The predicted molar refractivity (Wildman–Crippen MR) is 87.5 cm³/mol. The van der Waals surface area contributed by atoms with Gasteiger partial charge < -0.3 is 15.2 Å². The van der Waals surface area contributed by atoms with Crippen molar-refractivity contribution in [3.63, 3.8) is 0 Å². The molecule has 2 N–H and O–H groups in total. The molecule has 0 aliphatic rings. The molecule has 0 fully saturated rings. The zero-order chi connectivity index (χ0) is 15.7. The predicted octanol–water partition coefficient (Wildman–Crippen LogP) is 4.39. The molecule has 1 aromatic carbocycles. The summed E-state index contributed by atoms with van der Waals surface area (Å²) in [5, 5.41) is 14.8. The second kappa shape index (κ2) is 5.87. The highest BCUT2D eigenvalue weighted by Gasteiger charge is 2.13. The van der Waals surface area contributed by atoms with Crippen LogP contribution in [0.5, 0.6) is 11.5 Å². The zero-order valence-electron chi connectivity index (χ0n) is 11.5. The Balaban J connectivity index is 2.14. The van der Waals surface area contributed by atoms with Gasteiger partial charge in [-0.3, -0.25) is 9.97 Å². The first kappa shape index (κ1) is 14.7. The fourth-order valence-electron chi connectivity index (χ4n) is 2.12. The molecule has 5 nitrogen and oxygen atoms in total. The molecule has 0 aliphatic carbocycles. The van der Waals surface area contributed by atoms with Crippen LogP contribution < -0.4 is 10.1 Å². The minimum Gasteiger partial charge on any atom is -0.503 e. The third-order valence-corrected chi connectivity index (χ3v) is 3.76. The molecule has 0 aliphatic heterocycles. The largest absolute Gasteiger partial charge is 0.503 e. The van der Waals surface area contributed by atoms with E-state index in [1.807, 2.05) is 0 Å². The molecular weight excluding hydrogens is 325 g/mol. The summed E-state index contributed by atoms with van der Waals surface area (Å²) in [7, 11) is 1.49. The monoisotopic (exact) mass is 335 g/mol. The number of aromatic hydroxyl groups is 1.